The summed E-state index contributed by atoms with van der Waals surface area (Å²) in [5, 5.41) is 0. The summed E-state index contributed by atoms with van der Waals surface area (Å²) >= 11 is 0. The number of carbonyl (C=O) groups excluding carboxylic acids is 1. The fraction of sp³-hybridized carbons (Fsp3) is 0.900. The van der Waals surface area contributed by atoms with Crippen LogP contribution in [-0.2, 0) is 9.53 Å². The first-order valence-electron chi connectivity index (χ1n) is 5.01. The highest BCUT2D eigenvalue weighted by molar-refractivity contribution is 5.66. The Morgan fingerprint density at radius 3 is 2.77 bits per heavy atom. The van der Waals surface area contributed by atoms with Gasteiger partial charge in [-0.3, -0.25) is 9.69 Å². The molecule has 0 aromatic heterocycles. The topological polar surface area (TPSA) is 29.5 Å². The van der Waals surface area contributed by atoms with Crippen LogP contribution in [0.1, 0.15) is 33.6 Å². The van der Waals surface area contributed by atoms with E-state index in [1.165, 1.54) is 6.92 Å². The number of hydrogen-bond donors (Lipinski definition) is 0. The van der Waals surface area contributed by atoms with Crippen molar-refractivity contribution in [1.29, 1.82) is 0 Å². The molecule has 3 nitrogen and oxygen atoms in total. The van der Waals surface area contributed by atoms with E-state index in [1.807, 2.05) is 0 Å². The van der Waals surface area contributed by atoms with E-state index in [1.54, 1.807) is 0 Å². The molecule has 0 aromatic carbocycles. The van der Waals surface area contributed by atoms with Gasteiger partial charge >= 0.3 is 5.97 Å². The zero-order valence-electron chi connectivity index (χ0n) is 8.75. The highest BCUT2D eigenvalue weighted by Crippen LogP contribution is 2.15. The van der Waals surface area contributed by atoms with Crippen molar-refractivity contribution in [2.45, 2.75) is 45.8 Å². The van der Waals surface area contributed by atoms with Crippen LogP contribution >= 0.6 is 0 Å². The molecule has 1 atom stereocenters. The molecule has 76 valence electrons. The van der Waals surface area contributed by atoms with Gasteiger partial charge in [0.15, 0.2) is 0 Å². The van der Waals surface area contributed by atoms with Crippen LogP contribution in [0.2, 0.25) is 0 Å². The van der Waals surface area contributed by atoms with Crippen molar-refractivity contribution in [3.05, 3.63) is 0 Å². The first-order chi connectivity index (χ1) is 6.09. The lowest BCUT2D eigenvalue weighted by Gasteiger charge is -2.34. The summed E-state index contributed by atoms with van der Waals surface area (Å²) in [6.07, 6.45) is 2.27. The van der Waals surface area contributed by atoms with Crippen LogP contribution in [0, 0.1) is 0 Å². The minimum atomic E-state index is -0.157. The maximum Gasteiger partial charge on any atom is 0.302 e. The Kier molecular flexibility index (Phi) is 3.72. The summed E-state index contributed by atoms with van der Waals surface area (Å²) in [5.74, 6) is -0.157. The summed E-state index contributed by atoms with van der Waals surface area (Å²) in [7, 11) is 0. The predicted molar refractivity (Wildman–Crippen MR) is 51.5 cm³/mol. The van der Waals surface area contributed by atoms with Crippen LogP contribution in [-0.4, -0.2) is 36.1 Å². The molecule has 1 aliphatic rings. The first kappa shape index (κ1) is 10.5. The van der Waals surface area contributed by atoms with Gasteiger partial charge in [-0.25, -0.2) is 0 Å². The third-order valence-electron chi connectivity index (χ3n) is 2.47. The number of nitrogens with zero attached hydrogens (tertiary/aromatic N) is 1. The van der Waals surface area contributed by atoms with Crippen molar-refractivity contribution in [2.75, 3.05) is 13.1 Å². The SMILES string of the molecule is CC(=O)O[C@@H]1CCCN(C(C)C)C1. The van der Waals surface area contributed by atoms with Gasteiger partial charge in [0.25, 0.3) is 0 Å². The monoisotopic (exact) mass is 185 g/mol. The number of ether oxygens (including phenoxy) is 1. The molecule has 0 bridgehead atoms. The molecule has 0 N–H and O–H groups in total. The Balaban J connectivity index is 2.37. The third-order valence-corrected chi connectivity index (χ3v) is 2.47. The third kappa shape index (κ3) is 3.35. The van der Waals surface area contributed by atoms with E-state index in [0.717, 1.165) is 25.9 Å². The van der Waals surface area contributed by atoms with Gasteiger partial charge in [-0.1, -0.05) is 0 Å². The van der Waals surface area contributed by atoms with Gasteiger partial charge in [-0.15, -0.1) is 0 Å². The molecule has 3 heteroatoms. The van der Waals surface area contributed by atoms with Gasteiger partial charge < -0.3 is 4.74 Å². The molecule has 0 aliphatic carbocycles. The molecule has 13 heavy (non-hydrogen) atoms. The van der Waals surface area contributed by atoms with E-state index in [9.17, 15) is 4.79 Å². The second-order valence-electron chi connectivity index (χ2n) is 3.96. The van der Waals surface area contributed by atoms with Gasteiger partial charge in [0.05, 0.1) is 0 Å². The Bertz CT molecular complexity index is 180. The molecule has 1 heterocycles. The van der Waals surface area contributed by atoms with E-state index >= 15 is 0 Å². The van der Waals surface area contributed by atoms with Crippen molar-refractivity contribution in [3.63, 3.8) is 0 Å². The number of likely N-dealkylation sites (tertiary alicyclic amines) is 1. The zero-order chi connectivity index (χ0) is 9.84. The largest absolute Gasteiger partial charge is 0.461 e. The van der Waals surface area contributed by atoms with Crippen LogP contribution in [0.5, 0.6) is 0 Å². The van der Waals surface area contributed by atoms with E-state index in [2.05, 4.69) is 18.7 Å². The summed E-state index contributed by atoms with van der Waals surface area (Å²) in [4.78, 5) is 13.1. The van der Waals surface area contributed by atoms with Gasteiger partial charge in [-0.05, 0) is 33.2 Å². The summed E-state index contributed by atoms with van der Waals surface area (Å²) in [6.45, 7) is 7.87. The predicted octanol–water partition coefficient (Wildman–Crippen LogP) is 1.42. The molecule has 0 saturated carbocycles. The van der Waals surface area contributed by atoms with Crippen LogP contribution in [0.15, 0.2) is 0 Å². The molecule has 0 radical (unpaired) electrons. The van der Waals surface area contributed by atoms with E-state index in [0.29, 0.717) is 6.04 Å². The standard InChI is InChI=1S/C10H19NO2/c1-8(2)11-6-4-5-10(7-11)13-9(3)12/h8,10H,4-7H2,1-3H3/t10-/m1/s1. The molecule has 1 fully saturated rings. The highest BCUT2D eigenvalue weighted by atomic mass is 16.5. The van der Waals surface area contributed by atoms with Gasteiger partial charge in [0.2, 0.25) is 0 Å². The van der Waals surface area contributed by atoms with E-state index in [-0.39, 0.29) is 12.1 Å². The second-order valence-corrected chi connectivity index (χ2v) is 3.96. The fourth-order valence-electron chi connectivity index (χ4n) is 1.77. The summed E-state index contributed by atoms with van der Waals surface area (Å²) in [6, 6.07) is 0.554. The van der Waals surface area contributed by atoms with Crippen LogP contribution in [0.25, 0.3) is 0 Å². The molecule has 1 saturated heterocycles. The van der Waals surface area contributed by atoms with Crippen LogP contribution in [0.3, 0.4) is 0 Å². The van der Waals surface area contributed by atoms with E-state index < -0.39 is 0 Å². The Morgan fingerprint density at radius 2 is 2.23 bits per heavy atom. The number of carbonyl (C=O) groups is 1. The normalized spacial score (nSPS) is 24.8. The smallest absolute Gasteiger partial charge is 0.302 e. The quantitative estimate of drug-likeness (QED) is 0.609. The Labute approximate surface area is 80.1 Å². The zero-order valence-corrected chi connectivity index (χ0v) is 8.75. The number of esters is 1. The molecule has 0 amide bonds. The minimum absolute atomic E-state index is 0.119. The lowest BCUT2D eigenvalue weighted by molar-refractivity contribution is -0.149. The first-order valence-corrected chi connectivity index (χ1v) is 5.01. The van der Waals surface area contributed by atoms with Crippen LogP contribution < -0.4 is 0 Å². The molecule has 0 aromatic rings. The van der Waals surface area contributed by atoms with Crippen molar-refractivity contribution >= 4 is 5.97 Å². The van der Waals surface area contributed by atoms with Crippen LogP contribution in [0.4, 0.5) is 0 Å². The molecule has 1 rings (SSSR count). The molecule has 0 unspecified atom stereocenters. The maximum absolute atomic E-state index is 10.7. The highest BCUT2D eigenvalue weighted by Gasteiger charge is 2.23. The van der Waals surface area contributed by atoms with Crippen molar-refractivity contribution < 1.29 is 9.53 Å². The van der Waals surface area contributed by atoms with Gasteiger partial charge in [-0.2, -0.15) is 0 Å². The summed E-state index contributed by atoms with van der Waals surface area (Å²) < 4.78 is 5.19. The lowest BCUT2D eigenvalue weighted by Crippen LogP contribution is -2.43. The second kappa shape index (κ2) is 4.61. The molecular weight excluding hydrogens is 166 g/mol. The Morgan fingerprint density at radius 1 is 1.54 bits per heavy atom. The Hall–Kier alpha value is -0.570. The minimum Gasteiger partial charge on any atom is -0.461 e. The molecule has 1 aliphatic heterocycles. The van der Waals surface area contributed by atoms with Crippen molar-refractivity contribution in [2.24, 2.45) is 0 Å². The maximum atomic E-state index is 10.7. The number of hydrogen-bond acceptors (Lipinski definition) is 3. The number of rotatable bonds is 2. The van der Waals surface area contributed by atoms with E-state index in [4.69, 9.17) is 4.74 Å². The average molecular weight is 185 g/mol. The lowest BCUT2D eigenvalue weighted by atomic mass is 10.1. The average Bonchev–Trinajstić information content (AvgIpc) is 2.03. The molecule has 0 spiro atoms. The number of piperidine rings is 1. The van der Waals surface area contributed by atoms with Gasteiger partial charge in [0, 0.05) is 19.5 Å². The van der Waals surface area contributed by atoms with Crippen molar-refractivity contribution in [1.82, 2.24) is 4.90 Å². The fourth-order valence-corrected chi connectivity index (χ4v) is 1.77. The van der Waals surface area contributed by atoms with Crippen molar-refractivity contribution in [3.8, 4) is 0 Å². The summed E-state index contributed by atoms with van der Waals surface area (Å²) in [5.41, 5.74) is 0. The van der Waals surface area contributed by atoms with Gasteiger partial charge in [0.1, 0.15) is 6.10 Å². The molecular formula is C10H19NO2.